The van der Waals surface area contributed by atoms with Crippen LogP contribution in [0.3, 0.4) is 0 Å². The Bertz CT molecular complexity index is 959. The Kier molecular flexibility index (Phi) is 5.97. The molecule has 0 atom stereocenters. The van der Waals surface area contributed by atoms with Gasteiger partial charge in [0.15, 0.2) is 0 Å². The van der Waals surface area contributed by atoms with E-state index in [-0.39, 0.29) is 0 Å². The number of hydrogen-bond acceptors (Lipinski definition) is 3. The van der Waals surface area contributed by atoms with E-state index in [0.717, 1.165) is 41.0 Å². The number of carboxylic acid groups (broad SMARTS) is 1. The molecule has 0 saturated heterocycles. The molecule has 5 nitrogen and oxygen atoms in total. The van der Waals surface area contributed by atoms with Crippen LogP contribution >= 0.6 is 0 Å². The number of aromatic nitrogens is 2. The summed E-state index contributed by atoms with van der Waals surface area (Å²) in [6, 6.07) is 9.68. The number of nitrogens with one attached hydrogen (secondary N) is 1. The maximum absolute atomic E-state index is 11.4. The van der Waals surface area contributed by atoms with Crippen LogP contribution in [0.25, 0.3) is 5.57 Å². The SMILES string of the molecule is CC(C)(C(=O)O)c1cccc(CCCOC2=CC=C=C(c3ccn[nH]3)C=C2)c1. The molecule has 1 aromatic heterocycles. The highest BCUT2D eigenvalue weighted by molar-refractivity contribution is 5.80. The topological polar surface area (TPSA) is 75.2 Å². The quantitative estimate of drug-likeness (QED) is 0.528. The Hall–Kier alpha value is -3.30. The Morgan fingerprint density at radius 1 is 1.29 bits per heavy atom. The molecular formula is C23H24N2O3. The molecule has 0 radical (unpaired) electrons. The molecule has 2 N–H and O–H groups in total. The van der Waals surface area contributed by atoms with Crippen molar-refractivity contribution in [1.29, 1.82) is 0 Å². The third kappa shape index (κ3) is 4.70. The molecule has 0 fully saturated rings. The van der Waals surface area contributed by atoms with E-state index in [1.165, 1.54) is 0 Å². The predicted molar refractivity (Wildman–Crippen MR) is 109 cm³/mol. The maximum atomic E-state index is 11.4. The van der Waals surface area contributed by atoms with Crippen molar-refractivity contribution in [1.82, 2.24) is 10.2 Å². The highest BCUT2D eigenvalue weighted by atomic mass is 16.5. The lowest BCUT2D eigenvalue weighted by molar-refractivity contribution is -0.142. The number of benzene rings is 1. The average molecular weight is 376 g/mol. The van der Waals surface area contributed by atoms with Crippen molar-refractivity contribution in [3.05, 3.63) is 89.1 Å². The summed E-state index contributed by atoms with van der Waals surface area (Å²) in [6.07, 6.45) is 11.0. The molecule has 0 saturated carbocycles. The van der Waals surface area contributed by atoms with Gasteiger partial charge >= 0.3 is 5.97 Å². The largest absolute Gasteiger partial charge is 0.494 e. The summed E-state index contributed by atoms with van der Waals surface area (Å²) in [7, 11) is 0. The molecule has 1 heterocycles. The molecule has 1 aliphatic carbocycles. The van der Waals surface area contributed by atoms with Gasteiger partial charge in [0.2, 0.25) is 0 Å². The van der Waals surface area contributed by atoms with Gasteiger partial charge in [0.05, 0.1) is 17.7 Å². The summed E-state index contributed by atoms with van der Waals surface area (Å²) in [5, 5.41) is 16.3. The van der Waals surface area contributed by atoms with Gasteiger partial charge in [-0.25, -0.2) is 0 Å². The van der Waals surface area contributed by atoms with Gasteiger partial charge in [0, 0.05) is 11.8 Å². The molecular weight excluding hydrogens is 352 g/mol. The second kappa shape index (κ2) is 8.59. The zero-order chi connectivity index (χ0) is 20.0. The number of aryl methyl sites for hydroxylation is 1. The standard InChI is InChI=1S/C23H24N2O3/c1-23(2,22(26)27)19-9-3-6-17(16-19)7-5-15-28-20-10-4-8-18(11-12-20)21-13-14-24-25-21/h3-4,6,9-14,16H,5,7,15H2,1-2H3,(H,24,25)(H,26,27). The number of nitrogens with zero attached hydrogens (tertiary/aromatic N) is 1. The van der Waals surface area contributed by atoms with E-state index in [2.05, 4.69) is 15.9 Å². The average Bonchev–Trinajstić information content (AvgIpc) is 3.12. The van der Waals surface area contributed by atoms with E-state index in [1.54, 1.807) is 20.0 Å². The highest BCUT2D eigenvalue weighted by Gasteiger charge is 2.29. The summed E-state index contributed by atoms with van der Waals surface area (Å²) in [5.41, 5.74) is 6.05. The Morgan fingerprint density at radius 3 is 2.89 bits per heavy atom. The van der Waals surface area contributed by atoms with Gasteiger partial charge in [-0.3, -0.25) is 9.89 Å². The number of ether oxygens (including phenoxy) is 1. The van der Waals surface area contributed by atoms with Crippen molar-refractivity contribution >= 4 is 11.5 Å². The number of allylic oxidation sites excluding steroid dienone is 4. The van der Waals surface area contributed by atoms with Crippen molar-refractivity contribution in [2.24, 2.45) is 0 Å². The van der Waals surface area contributed by atoms with Gasteiger partial charge in [-0.2, -0.15) is 5.10 Å². The van der Waals surface area contributed by atoms with E-state index in [0.29, 0.717) is 6.61 Å². The number of aliphatic carboxylic acids is 1. The molecule has 0 unspecified atom stereocenters. The lowest BCUT2D eigenvalue weighted by Gasteiger charge is -2.20. The van der Waals surface area contributed by atoms with Gasteiger partial charge in [-0.15, -0.1) is 5.73 Å². The Morgan fingerprint density at radius 2 is 2.14 bits per heavy atom. The summed E-state index contributed by atoms with van der Waals surface area (Å²) >= 11 is 0. The van der Waals surface area contributed by atoms with Gasteiger partial charge in [-0.05, 0) is 68.2 Å². The molecule has 0 amide bonds. The minimum atomic E-state index is -0.895. The molecule has 144 valence electrons. The highest BCUT2D eigenvalue weighted by Crippen LogP contribution is 2.24. The second-order valence-corrected chi connectivity index (χ2v) is 7.18. The fourth-order valence-electron chi connectivity index (χ4n) is 2.86. The Labute approximate surface area is 164 Å². The van der Waals surface area contributed by atoms with Crippen molar-refractivity contribution < 1.29 is 14.6 Å². The zero-order valence-electron chi connectivity index (χ0n) is 16.1. The summed E-state index contributed by atoms with van der Waals surface area (Å²) in [5.74, 6) is -0.0426. The first kappa shape index (κ1) is 19.5. The minimum absolute atomic E-state index is 0.579. The summed E-state index contributed by atoms with van der Waals surface area (Å²) in [6.45, 7) is 4.03. The monoisotopic (exact) mass is 376 g/mol. The molecule has 2 aromatic rings. The van der Waals surface area contributed by atoms with Crippen LogP contribution in [-0.2, 0) is 21.4 Å². The van der Waals surface area contributed by atoms with E-state index in [4.69, 9.17) is 4.74 Å². The lowest BCUT2D eigenvalue weighted by atomic mass is 9.84. The van der Waals surface area contributed by atoms with Crippen molar-refractivity contribution in [3.63, 3.8) is 0 Å². The summed E-state index contributed by atoms with van der Waals surface area (Å²) < 4.78 is 5.86. The van der Waals surface area contributed by atoms with Crippen LogP contribution in [0.15, 0.2) is 72.3 Å². The minimum Gasteiger partial charge on any atom is -0.494 e. The zero-order valence-corrected chi connectivity index (χ0v) is 16.1. The van der Waals surface area contributed by atoms with Crippen LogP contribution in [0.2, 0.25) is 0 Å². The number of carboxylic acids is 1. The predicted octanol–water partition coefficient (Wildman–Crippen LogP) is 4.41. The van der Waals surface area contributed by atoms with Crippen molar-refractivity contribution in [3.8, 4) is 0 Å². The molecule has 3 rings (SSSR count). The number of carbonyl (C=O) groups is 1. The fourth-order valence-corrected chi connectivity index (χ4v) is 2.86. The van der Waals surface area contributed by atoms with Crippen LogP contribution in [0.5, 0.6) is 0 Å². The molecule has 1 aliphatic rings. The first-order valence-electron chi connectivity index (χ1n) is 9.27. The molecule has 0 aliphatic heterocycles. The molecule has 5 heteroatoms. The van der Waals surface area contributed by atoms with Crippen LogP contribution in [0.1, 0.15) is 37.1 Å². The molecule has 28 heavy (non-hydrogen) atoms. The van der Waals surface area contributed by atoms with Crippen LogP contribution in [0.4, 0.5) is 0 Å². The third-order valence-electron chi connectivity index (χ3n) is 4.75. The summed E-state index contributed by atoms with van der Waals surface area (Å²) in [4.78, 5) is 11.4. The van der Waals surface area contributed by atoms with Gasteiger partial charge in [0.25, 0.3) is 0 Å². The number of hydrogen-bond donors (Lipinski definition) is 2. The normalized spacial score (nSPS) is 13.6. The van der Waals surface area contributed by atoms with Crippen LogP contribution in [0, 0.1) is 0 Å². The number of aromatic amines is 1. The van der Waals surface area contributed by atoms with E-state index in [9.17, 15) is 9.90 Å². The fraction of sp³-hybridized carbons (Fsp3) is 0.261. The maximum Gasteiger partial charge on any atom is 0.313 e. The smallest absolute Gasteiger partial charge is 0.313 e. The van der Waals surface area contributed by atoms with Crippen LogP contribution in [-0.4, -0.2) is 27.9 Å². The first-order chi connectivity index (χ1) is 13.5. The van der Waals surface area contributed by atoms with Crippen LogP contribution < -0.4 is 0 Å². The first-order valence-corrected chi connectivity index (χ1v) is 9.27. The second-order valence-electron chi connectivity index (χ2n) is 7.18. The lowest BCUT2D eigenvalue weighted by Crippen LogP contribution is -2.28. The Balaban J connectivity index is 1.51. The van der Waals surface area contributed by atoms with Gasteiger partial charge < -0.3 is 9.84 Å². The van der Waals surface area contributed by atoms with Crippen molar-refractivity contribution in [2.75, 3.05) is 6.61 Å². The molecule has 0 bridgehead atoms. The number of rotatable bonds is 8. The molecule has 0 spiro atoms. The van der Waals surface area contributed by atoms with E-state index in [1.807, 2.05) is 54.6 Å². The van der Waals surface area contributed by atoms with E-state index < -0.39 is 11.4 Å². The third-order valence-corrected chi connectivity index (χ3v) is 4.75. The van der Waals surface area contributed by atoms with E-state index >= 15 is 0 Å². The van der Waals surface area contributed by atoms with Gasteiger partial charge in [0.1, 0.15) is 5.76 Å². The van der Waals surface area contributed by atoms with Gasteiger partial charge in [-0.1, -0.05) is 24.3 Å². The van der Waals surface area contributed by atoms with Crippen molar-refractivity contribution in [2.45, 2.75) is 32.1 Å². The number of H-pyrrole nitrogens is 1. The molecule has 1 aromatic carbocycles.